The van der Waals surface area contributed by atoms with E-state index < -0.39 is 0 Å². The summed E-state index contributed by atoms with van der Waals surface area (Å²) >= 11 is 0. The van der Waals surface area contributed by atoms with Crippen molar-refractivity contribution in [2.45, 2.75) is 19.1 Å². The third-order valence-electron chi connectivity index (χ3n) is 5.19. The maximum Gasteiger partial charge on any atom is 0.123 e. The molecule has 1 aromatic rings. The quantitative estimate of drug-likeness (QED) is 0.755. The fourth-order valence-electron chi connectivity index (χ4n) is 3.51. The molecule has 0 aliphatic carbocycles. The van der Waals surface area contributed by atoms with E-state index in [0.29, 0.717) is 6.10 Å². The average molecular weight is 333 g/mol. The van der Waals surface area contributed by atoms with Crippen LogP contribution in [0.1, 0.15) is 12.0 Å². The van der Waals surface area contributed by atoms with Crippen molar-refractivity contribution in [2.75, 3.05) is 66.6 Å². The lowest BCUT2D eigenvalue weighted by Crippen LogP contribution is -2.45. The number of likely N-dealkylation sites (tertiary alicyclic amines) is 1. The van der Waals surface area contributed by atoms with Gasteiger partial charge in [-0.1, -0.05) is 18.2 Å². The van der Waals surface area contributed by atoms with Crippen LogP contribution in [0.2, 0.25) is 0 Å². The van der Waals surface area contributed by atoms with Gasteiger partial charge in [0.15, 0.2) is 0 Å². The lowest BCUT2D eigenvalue weighted by atomic mass is 10.2. The summed E-state index contributed by atoms with van der Waals surface area (Å²) in [6.45, 7) is 9.46. The van der Waals surface area contributed by atoms with Crippen LogP contribution in [0.5, 0.6) is 5.75 Å². The van der Waals surface area contributed by atoms with E-state index in [4.69, 9.17) is 9.47 Å². The van der Waals surface area contributed by atoms with Crippen LogP contribution >= 0.6 is 0 Å². The first-order valence-corrected chi connectivity index (χ1v) is 9.11. The second kappa shape index (κ2) is 8.81. The largest absolute Gasteiger partial charge is 0.492 e. The molecule has 0 unspecified atom stereocenters. The highest BCUT2D eigenvalue weighted by Gasteiger charge is 2.22. The summed E-state index contributed by atoms with van der Waals surface area (Å²) in [5.41, 5.74) is 1.28. The standard InChI is InChI=1S/C19H31N3O2/c1-20-9-11-21(12-10-20)13-14-24-19-6-4-3-5-17(19)15-22-8-7-18(16-22)23-2/h3-6,18H,7-16H2,1-2H3/t18-/m1/s1. The molecule has 0 saturated carbocycles. The molecule has 0 radical (unpaired) electrons. The second-order valence-corrected chi connectivity index (χ2v) is 6.98. The van der Waals surface area contributed by atoms with Crippen LogP contribution in [0, 0.1) is 0 Å². The molecule has 0 bridgehead atoms. The fraction of sp³-hybridized carbons (Fsp3) is 0.684. The molecule has 2 fully saturated rings. The highest BCUT2D eigenvalue weighted by atomic mass is 16.5. The van der Waals surface area contributed by atoms with Crippen LogP contribution in [-0.4, -0.2) is 87.4 Å². The molecule has 2 saturated heterocycles. The molecule has 0 N–H and O–H groups in total. The number of ether oxygens (including phenoxy) is 2. The Morgan fingerprint density at radius 1 is 1.04 bits per heavy atom. The van der Waals surface area contributed by atoms with Gasteiger partial charge in [0.2, 0.25) is 0 Å². The van der Waals surface area contributed by atoms with Gasteiger partial charge in [0.1, 0.15) is 12.4 Å². The van der Waals surface area contributed by atoms with Gasteiger partial charge in [0.05, 0.1) is 6.10 Å². The highest BCUT2D eigenvalue weighted by Crippen LogP contribution is 2.22. The van der Waals surface area contributed by atoms with Gasteiger partial charge in [-0.2, -0.15) is 0 Å². The number of nitrogens with zero attached hydrogens (tertiary/aromatic N) is 3. The zero-order valence-corrected chi connectivity index (χ0v) is 15.1. The van der Waals surface area contributed by atoms with Crippen molar-refractivity contribution in [2.24, 2.45) is 0 Å². The van der Waals surface area contributed by atoms with Gasteiger partial charge in [-0.25, -0.2) is 0 Å². The van der Waals surface area contributed by atoms with Gasteiger partial charge in [-0.15, -0.1) is 0 Å². The molecule has 0 aromatic heterocycles. The summed E-state index contributed by atoms with van der Waals surface area (Å²) in [5.74, 6) is 1.03. The Balaban J connectivity index is 1.47. The van der Waals surface area contributed by atoms with Crippen molar-refractivity contribution in [3.8, 4) is 5.75 Å². The van der Waals surface area contributed by atoms with Gasteiger partial charge < -0.3 is 14.4 Å². The Bertz CT molecular complexity index is 503. The van der Waals surface area contributed by atoms with Crippen LogP contribution in [0.25, 0.3) is 0 Å². The molecule has 5 nitrogen and oxygen atoms in total. The third kappa shape index (κ3) is 4.93. The van der Waals surface area contributed by atoms with E-state index in [1.54, 1.807) is 0 Å². The Morgan fingerprint density at radius 2 is 1.83 bits per heavy atom. The summed E-state index contributed by atoms with van der Waals surface area (Å²) in [7, 11) is 4.00. The minimum Gasteiger partial charge on any atom is -0.492 e. The number of hydrogen-bond acceptors (Lipinski definition) is 5. The predicted molar refractivity (Wildman–Crippen MR) is 96.6 cm³/mol. The van der Waals surface area contributed by atoms with Crippen molar-refractivity contribution < 1.29 is 9.47 Å². The zero-order valence-electron chi connectivity index (χ0n) is 15.1. The van der Waals surface area contributed by atoms with E-state index in [1.807, 2.05) is 7.11 Å². The van der Waals surface area contributed by atoms with Crippen LogP contribution in [0.4, 0.5) is 0 Å². The normalized spacial score (nSPS) is 23.7. The molecule has 24 heavy (non-hydrogen) atoms. The molecule has 3 rings (SSSR count). The van der Waals surface area contributed by atoms with E-state index in [-0.39, 0.29) is 0 Å². The highest BCUT2D eigenvalue weighted by molar-refractivity contribution is 5.33. The van der Waals surface area contributed by atoms with E-state index in [0.717, 1.165) is 71.1 Å². The summed E-state index contributed by atoms with van der Waals surface area (Å²) in [4.78, 5) is 7.33. The van der Waals surface area contributed by atoms with Crippen molar-refractivity contribution >= 4 is 0 Å². The summed E-state index contributed by atoms with van der Waals surface area (Å²) in [6, 6.07) is 8.46. The molecule has 2 aliphatic heterocycles. The fourth-order valence-corrected chi connectivity index (χ4v) is 3.51. The van der Waals surface area contributed by atoms with Crippen molar-refractivity contribution in [3.05, 3.63) is 29.8 Å². The van der Waals surface area contributed by atoms with Gasteiger partial charge >= 0.3 is 0 Å². The number of methoxy groups -OCH3 is 1. The Morgan fingerprint density at radius 3 is 2.58 bits per heavy atom. The molecule has 5 heteroatoms. The monoisotopic (exact) mass is 333 g/mol. The van der Waals surface area contributed by atoms with Gasteiger partial charge in [0, 0.05) is 65.0 Å². The Hall–Kier alpha value is -1.14. The van der Waals surface area contributed by atoms with Gasteiger partial charge in [-0.05, 0) is 19.5 Å². The first-order valence-electron chi connectivity index (χ1n) is 9.11. The lowest BCUT2D eigenvalue weighted by Gasteiger charge is -2.32. The number of benzene rings is 1. The maximum absolute atomic E-state index is 6.12. The van der Waals surface area contributed by atoms with Crippen molar-refractivity contribution in [1.82, 2.24) is 14.7 Å². The molecule has 2 aliphatic rings. The number of piperazine rings is 1. The van der Waals surface area contributed by atoms with E-state index in [9.17, 15) is 0 Å². The summed E-state index contributed by atoms with van der Waals surface area (Å²) < 4.78 is 11.6. The zero-order chi connectivity index (χ0) is 16.8. The van der Waals surface area contributed by atoms with Crippen LogP contribution < -0.4 is 4.74 Å². The second-order valence-electron chi connectivity index (χ2n) is 6.98. The average Bonchev–Trinajstić information content (AvgIpc) is 3.06. The SMILES string of the molecule is CO[C@@H]1CCN(Cc2ccccc2OCCN2CCN(C)CC2)C1. The number of para-hydroxylation sites is 1. The van der Waals surface area contributed by atoms with Crippen molar-refractivity contribution in [1.29, 1.82) is 0 Å². The number of hydrogen-bond donors (Lipinski definition) is 0. The van der Waals surface area contributed by atoms with Crippen LogP contribution in [0.15, 0.2) is 24.3 Å². The Labute approximate surface area is 146 Å². The van der Waals surface area contributed by atoms with Crippen LogP contribution in [0.3, 0.4) is 0 Å². The van der Waals surface area contributed by atoms with Crippen molar-refractivity contribution in [3.63, 3.8) is 0 Å². The maximum atomic E-state index is 6.12. The minimum atomic E-state index is 0.385. The number of rotatable bonds is 7. The first kappa shape index (κ1) is 17.7. The molecule has 1 atom stereocenters. The molecule has 0 amide bonds. The molecular weight excluding hydrogens is 302 g/mol. The summed E-state index contributed by atoms with van der Waals surface area (Å²) in [6.07, 6.45) is 1.51. The number of likely N-dealkylation sites (N-methyl/N-ethyl adjacent to an activating group) is 1. The minimum absolute atomic E-state index is 0.385. The Kier molecular flexibility index (Phi) is 6.49. The van der Waals surface area contributed by atoms with E-state index >= 15 is 0 Å². The molecule has 0 spiro atoms. The van der Waals surface area contributed by atoms with Gasteiger partial charge in [0.25, 0.3) is 0 Å². The molecule has 134 valence electrons. The molecular formula is C19H31N3O2. The van der Waals surface area contributed by atoms with Gasteiger partial charge in [-0.3, -0.25) is 9.80 Å². The predicted octanol–water partition coefficient (Wildman–Crippen LogP) is 1.53. The molecule has 1 aromatic carbocycles. The lowest BCUT2D eigenvalue weighted by molar-refractivity contribution is 0.107. The third-order valence-corrected chi connectivity index (χ3v) is 5.19. The van der Waals surface area contributed by atoms with E-state index in [1.165, 1.54) is 5.56 Å². The van der Waals surface area contributed by atoms with Crippen LogP contribution in [-0.2, 0) is 11.3 Å². The van der Waals surface area contributed by atoms with E-state index in [2.05, 4.69) is 46.0 Å². The topological polar surface area (TPSA) is 28.2 Å². The molecule has 2 heterocycles. The smallest absolute Gasteiger partial charge is 0.123 e. The first-order chi connectivity index (χ1) is 11.7. The summed E-state index contributed by atoms with van der Waals surface area (Å²) in [5, 5.41) is 0.